The van der Waals surface area contributed by atoms with Crippen LogP contribution in [0.25, 0.3) is 17.5 Å². The van der Waals surface area contributed by atoms with Crippen LogP contribution in [-0.4, -0.2) is 27.9 Å². The van der Waals surface area contributed by atoms with E-state index in [4.69, 9.17) is 4.42 Å². The lowest BCUT2D eigenvalue weighted by molar-refractivity contribution is -0.131. The van der Waals surface area contributed by atoms with Crippen molar-refractivity contribution in [2.24, 2.45) is 0 Å². The Kier molecular flexibility index (Phi) is 5.99. The van der Waals surface area contributed by atoms with E-state index < -0.39 is 18.4 Å². The molecule has 144 valence electrons. The zero-order chi connectivity index (χ0) is 20.1. The first-order valence-electron chi connectivity index (χ1n) is 7.68. The molecule has 0 atom stereocenters. The molecule has 0 aliphatic heterocycles. The summed E-state index contributed by atoms with van der Waals surface area (Å²) in [7, 11) is 0. The summed E-state index contributed by atoms with van der Waals surface area (Å²) >= 11 is 0.721. The molecule has 0 fully saturated rings. The number of aromatic nitrogens is 2. The molecule has 0 amide bonds. The molecule has 0 saturated heterocycles. The molecule has 0 bridgehead atoms. The Morgan fingerprint density at radius 1 is 1.11 bits per heavy atom. The molecule has 0 saturated carbocycles. The van der Waals surface area contributed by atoms with Crippen LogP contribution in [0.2, 0.25) is 0 Å². The third-order valence-corrected chi connectivity index (χ3v) is 4.16. The van der Waals surface area contributed by atoms with Crippen LogP contribution in [0.15, 0.2) is 63.1 Å². The van der Waals surface area contributed by atoms with Crippen molar-refractivity contribution < 1.29 is 32.2 Å². The number of carboxylic acid groups (broad SMARTS) is 1. The average molecular weight is 408 g/mol. The Morgan fingerprint density at radius 2 is 1.79 bits per heavy atom. The molecule has 0 radical (unpaired) electrons. The topological polar surface area (TPSA) is 85.5 Å². The minimum absolute atomic E-state index is 0.0226. The van der Waals surface area contributed by atoms with Crippen molar-refractivity contribution in [1.82, 2.24) is 10.2 Å². The fraction of sp³-hybridized carbons (Fsp3) is 0.0556. The van der Waals surface area contributed by atoms with E-state index in [1.165, 1.54) is 54.6 Å². The minimum atomic E-state index is -2.95. The number of aliphatic carboxylic acids is 1. The lowest BCUT2D eigenvalue weighted by Gasteiger charge is -2.04. The first-order valence-corrected chi connectivity index (χ1v) is 8.49. The van der Waals surface area contributed by atoms with E-state index in [-0.39, 0.29) is 21.8 Å². The molecule has 2 aromatic carbocycles. The first kappa shape index (κ1) is 19.5. The quantitative estimate of drug-likeness (QED) is 0.448. The van der Waals surface area contributed by atoms with Gasteiger partial charge < -0.3 is 14.3 Å². The highest BCUT2D eigenvalue weighted by Gasteiger charge is 2.16. The second-order valence-electron chi connectivity index (χ2n) is 5.24. The van der Waals surface area contributed by atoms with Gasteiger partial charge in [-0.05, 0) is 59.8 Å². The van der Waals surface area contributed by atoms with Crippen LogP contribution in [0.1, 0.15) is 5.56 Å². The Bertz CT molecular complexity index is 989. The van der Waals surface area contributed by atoms with Crippen LogP contribution in [0.4, 0.5) is 13.2 Å². The highest BCUT2D eigenvalue weighted by Crippen LogP contribution is 2.30. The summed E-state index contributed by atoms with van der Waals surface area (Å²) in [6.07, 6.45) is 1.32. The van der Waals surface area contributed by atoms with Crippen molar-refractivity contribution >= 4 is 23.8 Å². The molecule has 28 heavy (non-hydrogen) atoms. The minimum Gasteiger partial charge on any atom is -0.477 e. The summed E-state index contributed by atoms with van der Waals surface area (Å²) in [5.74, 6) is -1.59. The molecule has 0 aliphatic rings. The summed E-state index contributed by atoms with van der Waals surface area (Å²) in [5, 5.41) is 16.9. The fourth-order valence-corrected chi connectivity index (χ4v) is 2.76. The zero-order valence-corrected chi connectivity index (χ0v) is 14.7. The molecule has 3 rings (SSSR count). The lowest BCUT2D eigenvalue weighted by Crippen LogP contribution is -2.01. The lowest BCUT2D eigenvalue weighted by atomic mass is 10.2. The number of hydrogen-bond acceptors (Lipinski definition) is 6. The third kappa shape index (κ3) is 5.13. The van der Waals surface area contributed by atoms with Crippen molar-refractivity contribution in [1.29, 1.82) is 0 Å². The van der Waals surface area contributed by atoms with Gasteiger partial charge in [0.15, 0.2) is 0 Å². The van der Waals surface area contributed by atoms with Gasteiger partial charge in [-0.3, -0.25) is 0 Å². The molecule has 10 heteroatoms. The molecule has 1 heterocycles. The number of benzene rings is 2. The van der Waals surface area contributed by atoms with E-state index in [0.717, 1.165) is 11.8 Å². The third-order valence-electron chi connectivity index (χ3n) is 3.31. The molecule has 6 nitrogen and oxygen atoms in total. The number of nitrogens with zero attached hydrogens (tertiary/aromatic N) is 2. The maximum atomic E-state index is 13.0. The van der Waals surface area contributed by atoms with E-state index >= 15 is 0 Å². The van der Waals surface area contributed by atoms with E-state index in [1.54, 1.807) is 0 Å². The summed E-state index contributed by atoms with van der Waals surface area (Å²) < 4.78 is 46.9. The second-order valence-corrected chi connectivity index (χ2v) is 6.24. The summed E-state index contributed by atoms with van der Waals surface area (Å²) in [6.45, 7) is -2.95. The average Bonchev–Trinajstić information content (AvgIpc) is 3.11. The molecule has 3 aromatic rings. The van der Waals surface area contributed by atoms with Gasteiger partial charge in [0.1, 0.15) is 16.5 Å². The van der Waals surface area contributed by atoms with Gasteiger partial charge in [0, 0.05) is 5.56 Å². The molecule has 0 aliphatic carbocycles. The summed E-state index contributed by atoms with van der Waals surface area (Å²) in [6, 6.07) is 10.8. The summed E-state index contributed by atoms with van der Waals surface area (Å²) in [5.41, 5.74) is 0.931. The van der Waals surface area contributed by atoms with Gasteiger partial charge >= 0.3 is 12.6 Å². The van der Waals surface area contributed by atoms with Crippen molar-refractivity contribution in [3.05, 3.63) is 64.8 Å². The van der Waals surface area contributed by atoms with Gasteiger partial charge in [0.25, 0.3) is 5.22 Å². The Labute approximate surface area is 160 Å². The van der Waals surface area contributed by atoms with Gasteiger partial charge in [-0.25, -0.2) is 9.18 Å². The van der Waals surface area contributed by atoms with Gasteiger partial charge in [-0.2, -0.15) is 8.78 Å². The number of carbonyl (C=O) groups is 1. The number of ether oxygens (including phenoxy) is 1. The number of alkyl halides is 2. The van der Waals surface area contributed by atoms with Crippen molar-refractivity contribution in [2.75, 3.05) is 0 Å². The Morgan fingerprint density at radius 3 is 2.39 bits per heavy atom. The highest BCUT2D eigenvalue weighted by atomic mass is 32.2. The van der Waals surface area contributed by atoms with Crippen LogP contribution >= 0.6 is 11.8 Å². The predicted molar refractivity (Wildman–Crippen MR) is 94.2 cm³/mol. The normalized spacial score (nSPS) is 11.6. The monoisotopic (exact) mass is 408 g/mol. The van der Waals surface area contributed by atoms with Gasteiger partial charge in [-0.15, -0.1) is 10.2 Å². The Hall–Kier alpha value is -3.27. The van der Waals surface area contributed by atoms with Crippen molar-refractivity contribution in [2.45, 2.75) is 11.8 Å². The van der Waals surface area contributed by atoms with Crippen LogP contribution in [-0.2, 0) is 4.79 Å². The van der Waals surface area contributed by atoms with Crippen LogP contribution in [0.3, 0.4) is 0 Å². The number of carboxylic acids is 1. The number of halogens is 3. The van der Waals surface area contributed by atoms with Gasteiger partial charge in [0.05, 0.1) is 0 Å². The maximum Gasteiger partial charge on any atom is 0.387 e. The SMILES string of the molecule is O=C(O)/C(=C/c1ccc(OC(F)F)cc1)Sc1nnc(-c2ccc(F)cc2)o1. The molecule has 1 N–H and O–H groups in total. The highest BCUT2D eigenvalue weighted by molar-refractivity contribution is 8.03. The molecule has 0 spiro atoms. The molecular formula is C18H11F3N2O4S. The molecular weight excluding hydrogens is 397 g/mol. The standard InChI is InChI=1S/C18H11F3N2O4S/c19-12-5-3-11(4-6-12)15-22-23-18(27-15)28-14(16(24)25)9-10-1-7-13(8-2-10)26-17(20)21/h1-9,17H,(H,24,25)/b14-9-. The Balaban J connectivity index is 1.77. The zero-order valence-electron chi connectivity index (χ0n) is 13.9. The smallest absolute Gasteiger partial charge is 0.387 e. The van der Waals surface area contributed by atoms with Crippen molar-refractivity contribution in [3.63, 3.8) is 0 Å². The maximum absolute atomic E-state index is 13.0. The van der Waals surface area contributed by atoms with Crippen molar-refractivity contribution in [3.8, 4) is 17.2 Å². The van der Waals surface area contributed by atoms with Gasteiger partial charge in [0.2, 0.25) is 5.89 Å². The summed E-state index contributed by atoms with van der Waals surface area (Å²) in [4.78, 5) is 11.4. The van der Waals surface area contributed by atoms with E-state index in [1.807, 2.05) is 0 Å². The number of thioether (sulfide) groups is 1. The van der Waals surface area contributed by atoms with Crippen LogP contribution < -0.4 is 4.74 Å². The van der Waals surface area contributed by atoms with Gasteiger partial charge in [-0.1, -0.05) is 12.1 Å². The molecule has 0 unspecified atom stereocenters. The van der Waals surface area contributed by atoms with Crippen LogP contribution in [0, 0.1) is 5.82 Å². The van der Waals surface area contributed by atoms with E-state index in [0.29, 0.717) is 11.1 Å². The first-order chi connectivity index (χ1) is 13.4. The van der Waals surface area contributed by atoms with E-state index in [9.17, 15) is 23.1 Å². The fourth-order valence-electron chi connectivity index (χ4n) is 2.09. The molecule has 1 aromatic heterocycles. The number of hydrogen-bond donors (Lipinski definition) is 1. The van der Waals surface area contributed by atoms with Crippen LogP contribution in [0.5, 0.6) is 5.75 Å². The second kappa shape index (κ2) is 8.61. The number of rotatable bonds is 7. The largest absolute Gasteiger partial charge is 0.477 e. The van der Waals surface area contributed by atoms with E-state index in [2.05, 4.69) is 14.9 Å². The predicted octanol–water partition coefficient (Wildman–Crippen LogP) is 4.69.